The Morgan fingerprint density at radius 3 is 2.55 bits per heavy atom. The first-order valence-corrected chi connectivity index (χ1v) is 12.1. The quantitative estimate of drug-likeness (QED) is 0.324. The normalized spacial score (nSPS) is 11.8. The number of rotatable bonds is 8. The predicted molar refractivity (Wildman–Crippen MR) is 133 cm³/mol. The minimum Gasteiger partial charge on any atom is -0.350 e. The van der Waals surface area contributed by atoms with E-state index in [1.807, 2.05) is 79.1 Å². The van der Waals surface area contributed by atoms with Gasteiger partial charge in [0.15, 0.2) is 11.0 Å². The van der Waals surface area contributed by atoms with Gasteiger partial charge in [-0.25, -0.2) is 0 Å². The summed E-state index contributed by atoms with van der Waals surface area (Å²) in [5, 5.41) is 13.3. The fourth-order valence-corrected chi connectivity index (χ4v) is 4.30. The summed E-state index contributed by atoms with van der Waals surface area (Å²) in [5.74, 6) is 1.35. The molecule has 2 heterocycles. The number of hydrogen-bond acceptors (Lipinski definition) is 5. The number of carbonyl (C=O) groups is 1. The van der Waals surface area contributed by atoms with Gasteiger partial charge in [0, 0.05) is 40.3 Å². The van der Waals surface area contributed by atoms with Gasteiger partial charge in [0.2, 0.25) is 0 Å². The highest BCUT2D eigenvalue weighted by Gasteiger charge is 2.17. The number of nitrogens with zero attached hydrogens (tertiary/aromatic N) is 4. The summed E-state index contributed by atoms with van der Waals surface area (Å²) >= 11 is 7.84. The highest BCUT2D eigenvalue weighted by molar-refractivity contribution is 7.98. The lowest BCUT2D eigenvalue weighted by Gasteiger charge is -2.12. The molecule has 1 amide bonds. The van der Waals surface area contributed by atoms with Crippen LogP contribution in [0.5, 0.6) is 0 Å². The van der Waals surface area contributed by atoms with Gasteiger partial charge < -0.3 is 5.32 Å². The molecular weight excluding hydrogens is 454 g/mol. The number of hydrogen-bond donors (Lipinski definition) is 1. The van der Waals surface area contributed by atoms with E-state index < -0.39 is 0 Å². The summed E-state index contributed by atoms with van der Waals surface area (Å²) in [6, 6.07) is 19.3. The summed E-state index contributed by atoms with van der Waals surface area (Å²) in [7, 11) is 0. The molecule has 0 saturated heterocycles. The monoisotopic (exact) mass is 477 g/mol. The SMILES string of the molecule is CCC(C)NC(=O)c1ccc(CSc2nnc(-c3ccncc3)n2-c2cccc(Cl)c2)cc1. The Hall–Kier alpha value is -3.16. The third-order valence-corrected chi connectivity index (χ3v) is 6.45. The first-order valence-electron chi connectivity index (χ1n) is 10.7. The van der Waals surface area contributed by atoms with Gasteiger partial charge in [0.1, 0.15) is 0 Å². The van der Waals surface area contributed by atoms with E-state index >= 15 is 0 Å². The minimum atomic E-state index is -0.0498. The molecule has 8 heteroatoms. The highest BCUT2D eigenvalue weighted by Crippen LogP contribution is 2.30. The van der Waals surface area contributed by atoms with Crippen molar-refractivity contribution in [3.8, 4) is 17.1 Å². The Morgan fingerprint density at radius 1 is 1.09 bits per heavy atom. The lowest BCUT2D eigenvalue weighted by Crippen LogP contribution is -2.31. The third-order valence-electron chi connectivity index (χ3n) is 5.21. The Kier molecular flexibility index (Phi) is 7.42. The minimum absolute atomic E-state index is 0.0498. The Bertz CT molecular complexity index is 1230. The van der Waals surface area contributed by atoms with Gasteiger partial charge in [-0.2, -0.15) is 0 Å². The van der Waals surface area contributed by atoms with E-state index in [2.05, 4.69) is 20.5 Å². The van der Waals surface area contributed by atoms with Crippen molar-refractivity contribution in [2.45, 2.75) is 37.2 Å². The number of aromatic nitrogens is 4. The molecule has 33 heavy (non-hydrogen) atoms. The number of benzene rings is 2. The van der Waals surface area contributed by atoms with Gasteiger partial charge in [-0.05, 0) is 61.4 Å². The van der Waals surface area contributed by atoms with Crippen LogP contribution in [0.15, 0.2) is 78.2 Å². The number of amides is 1. The van der Waals surface area contributed by atoms with E-state index in [1.165, 1.54) is 0 Å². The van der Waals surface area contributed by atoms with E-state index in [4.69, 9.17) is 11.6 Å². The van der Waals surface area contributed by atoms with Crippen LogP contribution in [0.3, 0.4) is 0 Å². The van der Waals surface area contributed by atoms with E-state index in [0.29, 0.717) is 16.3 Å². The van der Waals surface area contributed by atoms with Crippen LogP contribution in [0.2, 0.25) is 5.02 Å². The van der Waals surface area contributed by atoms with Crippen molar-refractivity contribution in [2.75, 3.05) is 0 Å². The van der Waals surface area contributed by atoms with Gasteiger partial charge >= 0.3 is 0 Å². The molecule has 4 rings (SSSR count). The van der Waals surface area contributed by atoms with Gasteiger partial charge in [-0.3, -0.25) is 14.3 Å². The van der Waals surface area contributed by atoms with Crippen molar-refractivity contribution in [1.82, 2.24) is 25.1 Å². The smallest absolute Gasteiger partial charge is 0.251 e. The molecule has 0 radical (unpaired) electrons. The van der Waals surface area contributed by atoms with Crippen LogP contribution in [0.1, 0.15) is 36.2 Å². The van der Waals surface area contributed by atoms with Crippen molar-refractivity contribution in [3.63, 3.8) is 0 Å². The first kappa shape index (κ1) is 23.0. The van der Waals surface area contributed by atoms with Crippen molar-refractivity contribution in [3.05, 3.63) is 89.2 Å². The summed E-state index contributed by atoms with van der Waals surface area (Å²) in [6.07, 6.45) is 4.37. The Morgan fingerprint density at radius 2 is 1.85 bits per heavy atom. The van der Waals surface area contributed by atoms with Gasteiger partial charge in [0.25, 0.3) is 5.91 Å². The second kappa shape index (κ2) is 10.6. The zero-order chi connectivity index (χ0) is 23.2. The number of nitrogens with one attached hydrogen (secondary N) is 1. The summed E-state index contributed by atoms with van der Waals surface area (Å²) in [4.78, 5) is 16.4. The number of carbonyl (C=O) groups excluding carboxylic acids is 1. The molecule has 0 spiro atoms. The Balaban J connectivity index is 1.56. The molecule has 4 aromatic rings. The van der Waals surface area contributed by atoms with Crippen LogP contribution >= 0.6 is 23.4 Å². The molecule has 0 aliphatic carbocycles. The van der Waals surface area contributed by atoms with Crippen molar-refractivity contribution < 1.29 is 4.79 Å². The standard InChI is InChI=1S/C25H24ClN5OS/c1-3-17(2)28-24(32)20-9-7-18(8-10-20)16-33-25-30-29-23(19-11-13-27-14-12-19)31(25)22-6-4-5-21(26)15-22/h4-15,17H,3,16H2,1-2H3,(H,28,32). The van der Waals surface area contributed by atoms with E-state index in [1.54, 1.807) is 24.2 Å². The summed E-state index contributed by atoms with van der Waals surface area (Å²) in [6.45, 7) is 4.05. The van der Waals surface area contributed by atoms with Crippen molar-refractivity contribution >= 4 is 29.3 Å². The maximum Gasteiger partial charge on any atom is 0.251 e. The fraction of sp³-hybridized carbons (Fsp3) is 0.200. The molecule has 2 aromatic heterocycles. The average Bonchev–Trinajstić information content (AvgIpc) is 3.27. The molecule has 0 aliphatic rings. The molecule has 6 nitrogen and oxygen atoms in total. The van der Waals surface area contributed by atoms with Crippen LogP contribution in [-0.2, 0) is 5.75 Å². The van der Waals surface area contributed by atoms with Gasteiger partial charge in [0.05, 0.1) is 5.69 Å². The molecule has 0 saturated carbocycles. The molecule has 0 bridgehead atoms. The van der Waals surface area contributed by atoms with Crippen LogP contribution in [-0.4, -0.2) is 31.7 Å². The molecule has 1 N–H and O–H groups in total. The highest BCUT2D eigenvalue weighted by atomic mass is 35.5. The van der Waals surface area contributed by atoms with E-state index in [9.17, 15) is 4.79 Å². The second-order valence-corrected chi connectivity index (χ2v) is 9.00. The number of halogens is 1. The number of pyridine rings is 1. The summed E-state index contributed by atoms with van der Waals surface area (Å²) in [5.41, 5.74) is 3.55. The summed E-state index contributed by atoms with van der Waals surface area (Å²) < 4.78 is 2.00. The lowest BCUT2D eigenvalue weighted by atomic mass is 10.1. The topological polar surface area (TPSA) is 72.7 Å². The van der Waals surface area contributed by atoms with Gasteiger partial charge in [-0.1, -0.05) is 48.5 Å². The predicted octanol–water partition coefficient (Wildman–Crippen LogP) is 5.80. The maximum atomic E-state index is 12.3. The average molecular weight is 478 g/mol. The molecule has 1 unspecified atom stereocenters. The van der Waals surface area contributed by atoms with Gasteiger partial charge in [-0.15, -0.1) is 10.2 Å². The Labute approximate surface area is 202 Å². The first-order chi connectivity index (χ1) is 16.0. The third kappa shape index (κ3) is 5.61. The molecule has 168 valence electrons. The molecule has 1 atom stereocenters. The van der Waals surface area contributed by atoms with Crippen LogP contribution in [0, 0.1) is 0 Å². The zero-order valence-electron chi connectivity index (χ0n) is 18.4. The maximum absolute atomic E-state index is 12.3. The van der Waals surface area contributed by atoms with Crippen molar-refractivity contribution in [2.24, 2.45) is 0 Å². The van der Waals surface area contributed by atoms with E-state index in [0.717, 1.165) is 34.2 Å². The van der Waals surface area contributed by atoms with E-state index in [-0.39, 0.29) is 11.9 Å². The van der Waals surface area contributed by atoms with Crippen LogP contribution in [0.4, 0.5) is 0 Å². The molecule has 2 aromatic carbocycles. The lowest BCUT2D eigenvalue weighted by molar-refractivity contribution is 0.0939. The fourth-order valence-electron chi connectivity index (χ4n) is 3.21. The van der Waals surface area contributed by atoms with Crippen LogP contribution < -0.4 is 5.32 Å². The number of thioether (sulfide) groups is 1. The van der Waals surface area contributed by atoms with Crippen LogP contribution in [0.25, 0.3) is 17.1 Å². The molecule has 0 fully saturated rings. The largest absolute Gasteiger partial charge is 0.350 e. The molecule has 0 aliphatic heterocycles. The zero-order valence-corrected chi connectivity index (χ0v) is 20.0. The second-order valence-electron chi connectivity index (χ2n) is 7.63. The molecular formula is C25H24ClN5OS. The van der Waals surface area contributed by atoms with Crippen molar-refractivity contribution in [1.29, 1.82) is 0 Å².